The van der Waals surface area contributed by atoms with Gasteiger partial charge in [-0.25, -0.2) is 4.79 Å². The van der Waals surface area contributed by atoms with E-state index in [0.29, 0.717) is 22.9 Å². The van der Waals surface area contributed by atoms with Gasteiger partial charge in [-0.2, -0.15) is 0 Å². The van der Waals surface area contributed by atoms with Crippen LogP contribution in [0, 0.1) is 13.8 Å². The molecule has 0 saturated carbocycles. The van der Waals surface area contributed by atoms with Crippen LogP contribution in [-0.4, -0.2) is 33.2 Å². The van der Waals surface area contributed by atoms with Gasteiger partial charge in [0.15, 0.2) is 0 Å². The number of esters is 1. The zero-order valence-electron chi connectivity index (χ0n) is 15.8. The van der Waals surface area contributed by atoms with Gasteiger partial charge in [-0.3, -0.25) is 10.1 Å². The first-order valence-electron chi connectivity index (χ1n) is 8.61. The lowest BCUT2D eigenvalue weighted by molar-refractivity contribution is -0.111. The second-order valence-electron chi connectivity index (χ2n) is 5.60. The van der Waals surface area contributed by atoms with Gasteiger partial charge in [-0.15, -0.1) is 10.2 Å². The van der Waals surface area contributed by atoms with Crippen LogP contribution < -0.4 is 5.32 Å². The third kappa shape index (κ3) is 4.19. The van der Waals surface area contributed by atoms with Gasteiger partial charge in [0, 0.05) is 29.6 Å². The topological polar surface area (TPSA) is 86.1 Å². The number of amides is 1. The first-order chi connectivity index (χ1) is 12.4. The van der Waals surface area contributed by atoms with Crippen LogP contribution >= 0.6 is 11.3 Å². The number of carbonyl (C=O) groups excluding carboxylic acids is 2. The van der Waals surface area contributed by atoms with Crippen LogP contribution in [0.1, 0.15) is 53.1 Å². The number of nitrogens with zero attached hydrogens (tertiary/aromatic N) is 3. The second kappa shape index (κ2) is 8.75. The SMILES string of the molecule is CCOC(=O)c1c(/C=C\C(=O)Nc2nnc(CC)s2)c(C)n(CC)c1C. The van der Waals surface area contributed by atoms with Crippen LogP contribution in [0.25, 0.3) is 6.08 Å². The van der Waals surface area contributed by atoms with Crippen LogP contribution in [0.2, 0.25) is 0 Å². The summed E-state index contributed by atoms with van der Waals surface area (Å²) < 4.78 is 7.21. The highest BCUT2D eigenvalue weighted by molar-refractivity contribution is 7.15. The minimum atomic E-state index is -0.378. The molecule has 0 aliphatic rings. The van der Waals surface area contributed by atoms with Gasteiger partial charge < -0.3 is 9.30 Å². The highest BCUT2D eigenvalue weighted by Crippen LogP contribution is 2.25. The van der Waals surface area contributed by atoms with Crippen molar-refractivity contribution in [3.63, 3.8) is 0 Å². The molecule has 0 aliphatic heterocycles. The highest BCUT2D eigenvalue weighted by atomic mass is 32.1. The fourth-order valence-electron chi connectivity index (χ4n) is 2.80. The Morgan fingerprint density at radius 1 is 1.19 bits per heavy atom. The van der Waals surface area contributed by atoms with E-state index >= 15 is 0 Å². The summed E-state index contributed by atoms with van der Waals surface area (Å²) in [7, 11) is 0. The number of ether oxygens (including phenoxy) is 1. The molecule has 2 heterocycles. The largest absolute Gasteiger partial charge is 0.462 e. The van der Waals surface area contributed by atoms with Gasteiger partial charge in [-0.1, -0.05) is 18.3 Å². The second-order valence-corrected chi connectivity index (χ2v) is 6.66. The van der Waals surface area contributed by atoms with Crippen molar-refractivity contribution in [2.75, 3.05) is 11.9 Å². The molecule has 0 saturated heterocycles. The Kier molecular flexibility index (Phi) is 6.68. The lowest BCUT2D eigenvalue weighted by Crippen LogP contribution is -2.09. The quantitative estimate of drug-likeness (QED) is 0.591. The molecule has 26 heavy (non-hydrogen) atoms. The number of anilines is 1. The van der Waals surface area contributed by atoms with E-state index in [0.717, 1.165) is 29.4 Å². The van der Waals surface area contributed by atoms with Crippen LogP contribution in [0.5, 0.6) is 0 Å². The van der Waals surface area contributed by atoms with E-state index in [1.165, 1.54) is 17.4 Å². The zero-order valence-corrected chi connectivity index (χ0v) is 16.6. The summed E-state index contributed by atoms with van der Waals surface area (Å²) in [5.74, 6) is -0.697. The lowest BCUT2D eigenvalue weighted by atomic mass is 10.1. The van der Waals surface area contributed by atoms with Crippen LogP contribution in [-0.2, 0) is 22.5 Å². The molecule has 0 aliphatic carbocycles. The van der Waals surface area contributed by atoms with E-state index in [2.05, 4.69) is 15.5 Å². The Labute approximate surface area is 157 Å². The van der Waals surface area contributed by atoms with Crippen LogP contribution in [0.4, 0.5) is 5.13 Å². The molecule has 0 fully saturated rings. The minimum absolute atomic E-state index is 0.301. The first-order valence-corrected chi connectivity index (χ1v) is 9.42. The maximum atomic E-state index is 12.4. The predicted molar refractivity (Wildman–Crippen MR) is 102 cm³/mol. The average molecular weight is 376 g/mol. The van der Waals surface area contributed by atoms with E-state index in [9.17, 15) is 9.59 Å². The summed E-state index contributed by atoms with van der Waals surface area (Å²) in [5.41, 5.74) is 2.95. The van der Waals surface area contributed by atoms with Gasteiger partial charge >= 0.3 is 5.97 Å². The summed E-state index contributed by atoms with van der Waals surface area (Å²) in [6.07, 6.45) is 3.82. The van der Waals surface area contributed by atoms with Crippen molar-refractivity contribution < 1.29 is 14.3 Å². The van der Waals surface area contributed by atoms with Crippen molar-refractivity contribution in [2.24, 2.45) is 0 Å². The smallest absolute Gasteiger partial charge is 0.340 e. The zero-order chi connectivity index (χ0) is 19.3. The maximum absolute atomic E-state index is 12.4. The Hall–Kier alpha value is -2.48. The van der Waals surface area contributed by atoms with Gasteiger partial charge in [-0.05, 0) is 40.2 Å². The van der Waals surface area contributed by atoms with Gasteiger partial charge in [0.1, 0.15) is 5.01 Å². The molecule has 2 aromatic rings. The summed E-state index contributed by atoms with van der Waals surface area (Å²) in [6.45, 7) is 10.6. The molecule has 2 rings (SSSR count). The Morgan fingerprint density at radius 2 is 1.92 bits per heavy atom. The fourth-order valence-corrected chi connectivity index (χ4v) is 3.48. The third-order valence-corrected chi connectivity index (χ3v) is 5.01. The predicted octanol–water partition coefficient (Wildman–Crippen LogP) is 3.37. The number of rotatable bonds is 7. The Balaban J connectivity index is 2.27. The molecule has 0 spiro atoms. The number of carbonyl (C=O) groups is 2. The number of hydrogen-bond donors (Lipinski definition) is 1. The normalized spacial score (nSPS) is 11.1. The standard InChI is InChI=1S/C18H24N4O3S/c1-6-15-20-21-18(26-15)19-14(23)10-9-13-11(4)22(7-2)12(5)16(13)17(24)25-8-3/h9-10H,6-8H2,1-5H3,(H,19,21,23)/b10-9-. The van der Waals surface area contributed by atoms with E-state index in [-0.39, 0.29) is 11.9 Å². The number of aromatic nitrogens is 3. The van der Waals surface area contributed by atoms with Crippen molar-refractivity contribution in [3.05, 3.63) is 33.6 Å². The summed E-state index contributed by atoms with van der Waals surface area (Å²) in [6, 6.07) is 0. The molecule has 7 nitrogen and oxygen atoms in total. The number of nitrogens with one attached hydrogen (secondary N) is 1. The monoisotopic (exact) mass is 376 g/mol. The summed E-state index contributed by atoms with van der Waals surface area (Å²) in [5, 5.41) is 11.9. The number of hydrogen-bond acceptors (Lipinski definition) is 6. The summed E-state index contributed by atoms with van der Waals surface area (Å²) >= 11 is 1.34. The molecule has 140 valence electrons. The van der Waals surface area contributed by atoms with Crippen molar-refractivity contribution in [1.29, 1.82) is 0 Å². The van der Waals surface area contributed by atoms with Gasteiger partial charge in [0.05, 0.1) is 12.2 Å². The Bertz CT molecular complexity index is 836. The number of aryl methyl sites for hydroxylation is 1. The van der Waals surface area contributed by atoms with Crippen LogP contribution in [0.3, 0.4) is 0 Å². The van der Waals surface area contributed by atoms with Gasteiger partial charge in [0.25, 0.3) is 0 Å². The highest BCUT2D eigenvalue weighted by Gasteiger charge is 2.22. The molecule has 0 atom stereocenters. The van der Waals surface area contributed by atoms with Crippen molar-refractivity contribution in [1.82, 2.24) is 14.8 Å². The Morgan fingerprint density at radius 3 is 2.50 bits per heavy atom. The lowest BCUT2D eigenvalue weighted by Gasteiger charge is -2.05. The van der Waals surface area contributed by atoms with E-state index in [1.807, 2.05) is 32.3 Å². The fraction of sp³-hybridized carbons (Fsp3) is 0.444. The molecule has 0 bridgehead atoms. The summed E-state index contributed by atoms with van der Waals surface area (Å²) in [4.78, 5) is 24.5. The molecule has 1 amide bonds. The minimum Gasteiger partial charge on any atom is -0.462 e. The molecular formula is C18H24N4O3S. The molecule has 0 aromatic carbocycles. The van der Waals surface area contributed by atoms with E-state index < -0.39 is 0 Å². The molecule has 2 aromatic heterocycles. The van der Waals surface area contributed by atoms with Crippen molar-refractivity contribution in [2.45, 2.75) is 47.6 Å². The van der Waals surface area contributed by atoms with Crippen molar-refractivity contribution >= 4 is 34.4 Å². The van der Waals surface area contributed by atoms with Crippen molar-refractivity contribution in [3.8, 4) is 0 Å². The third-order valence-electron chi connectivity index (χ3n) is 4.03. The van der Waals surface area contributed by atoms with E-state index in [4.69, 9.17) is 4.74 Å². The molecule has 1 N–H and O–H groups in total. The van der Waals surface area contributed by atoms with Crippen LogP contribution in [0.15, 0.2) is 6.08 Å². The van der Waals surface area contributed by atoms with Gasteiger partial charge in [0.2, 0.25) is 11.0 Å². The first kappa shape index (κ1) is 19.8. The van der Waals surface area contributed by atoms with E-state index in [1.54, 1.807) is 13.0 Å². The maximum Gasteiger partial charge on any atom is 0.340 e. The molecule has 0 radical (unpaired) electrons. The molecule has 0 unspecified atom stereocenters. The molecular weight excluding hydrogens is 352 g/mol. The average Bonchev–Trinajstić information content (AvgIpc) is 3.15. The molecule has 8 heteroatoms.